The number of halogens is 3. The molecule has 1 aliphatic heterocycles. The second kappa shape index (κ2) is 6.28. The van der Waals surface area contributed by atoms with Crippen molar-refractivity contribution < 1.29 is 32.3 Å². The number of alkyl halides is 3. The maximum Gasteiger partial charge on any atom is 0.425 e. The highest BCUT2D eigenvalue weighted by molar-refractivity contribution is 6.10. The van der Waals surface area contributed by atoms with Gasteiger partial charge in [0.05, 0.1) is 7.11 Å². The van der Waals surface area contributed by atoms with Gasteiger partial charge < -0.3 is 15.0 Å². The Balaban J connectivity index is 2.13. The molecule has 6 nitrogen and oxygen atoms in total. The molecule has 0 aromatic rings. The van der Waals surface area contributed by atoms with Crippen LogP contribution in [-0.2, 0) is 19.1 Å². The topological polar surface area (TPSA) is 75.7 Å². The zero-order valence-corrected chi connectivity index (χ0v) is 14.6. The first kappa shape index (κ1) is 18.7. The molecule has 0 unspecified atom stereocenters. The van der Waals surface area contributed by atoms with Gasteiger partial charge >= 0.3 is 12.1 Å². The minimum Gasteiger partial charge on any atom is -0.466 e. The van der Waals surface area contributed by atoms with E-state index in [1.807, 2.05) is 5.32 Å². The maximum absolute atomic E-state index is 14.2. The van der Waals surface area contributed by atoms with Crippen molar-refractivity contribution in [1.82, 2.24) is 10.2 Å². The first-order valence-electron chi connectivity index (χ1n) is 8.67. The second-order valence-electron chi connectivity index (χ2n) is 7.08. The van der Waals surface area contributed by atoms with Crippen LogP contribution in [0.4, 0.5) is 13.2 Å². The Hall–Kier alpha value is -2.06. The molecular formula is C17H21F3N2O4. The number of rotatable bonds is 4. The molecule has 2 amide bonds. The molecule has 0 saturated heterocycles. The average Bonchev–Trinajstić information content (AvgIpc) is 3.24. The van der Waals surface area contributed by atoms with Crippen molar-refractivity contribution in [2.75, 3.05) is 7.11 Å². The van der Waals surface area contributed by atoms with E-state index < -0.39 is 47.0 Å². The number of esters is 1. The lowest BCUT2D eigenvalue weighted by molar-refractivity contribution is -0.196. The molecule has 2 fully saturated rings. The Bertz CT molecular complexity index is 678. The van der Waals surface area contributed by atoms with E-state index in [0.29, 0.717) is 25.7 Å². The van der Waals surface area contributed by atoms with E-state index in [2.05, 4.69) is 4.74 Å². The second-order valence-corrected chi connectivity index (χ2v) is 7.08. The summed E-state index contributed by atoms with van der Waals surface area (Å²) < 4.78 is 47.1. The van der Waals surface area contributed by atoms with Gasteiger partial charge in [-0.05, 0) is 32.6 Å². The van der Waals surface area contributed by atoms with Crippen LogP contribution in [-0.4, -0.2) is 47.6 Å². The van der Waals surface area contributed by atoms with E-state index >= 15 is 0 Å². The highest BCUT2D eigenvalue weighted by Gasteiger charge is 2.71. The van der Waals surface area contributed by atoms with Crippen molar-refractivity contribution in [3.05, 3.63) is 11.3 Å². The molecule has 1 N–H and O–H groups in total. The number of ether oxygens (including phenoxy) is 1. The molecule has 1 atom stereocenters. The smallest absolute Gasteiger partial charge is 0.425 e. The molecular weight excluding hydrogens is 353 g/mol. The fraction of sp³-hybridized carbons (Fsp3) is 0.706. The van der Waals surface area contributed by atoms with Gasteiger partial charge in [-0.3, -0.25) is 9.59 Å². The van der Waals surface area contributed by atoms with Crippen LogP contribution >= 0.6 is 0 Å². The average molecular weight is 374 g/mol. The Kier molecular flexibility index (Phi) is 4.52. The van der Waals surface area contributed by atoms with E-state index in [4.69, 9.17) is 0 Å². The van der Waals surface area contributed by atoms with Gasteiger partial charge in [0.25, 0.3) is 5.91 Å². The summed E-state index contributed by atoms with van der Waals surface area (Å²) >= 11 is 0. The number of amides is 2. The van der Waals surface area contributed by atoms with E-state index in [1.54, 1.807) is 0 Å². The number of hydrogen-bond acceptors (Lipinski definition) is 4. The van der Waals surface area contributed by atoms with Crippen LogP contribution in [0.2, 0.25) is 0 Å². The molecule has 0 aromatic carbocycles. The van der Waals surface area contributed by atoms with Crippen LogP contribution < -0.4 is 5.32 Å². The number of carbonyl (C=O) groups is 3. The normalized spacial score (nSPS) is 27.3. The fourth-order valence-electron chi connectivity index (χ4n) is 3.92. The summed E-state index contributed by atoms with van der Waals surface area (Å²) in [6, 6.07) is -0.413. The highest BCUT2D eigenvalue weighted by atomic mass is 19.4. The van der Waals surface area contributed by atoms with E-state index in [9.17, 15) is 27.6 Å². The van der Waals surface area contributed by atoms with Crippen LogP contribution in [0.25, 0.3) is 0 Å². The highest BCUT2D eigenvalue weighted by Crippen LogP contribution is 2.47. The van der Waals surface area contributed by atoms with E-state index in [1.165, 1.54) is 6.92 Å². The molecule has 9 heteroatoms. The number of nitrogens with one attached hydrogen (secondary N) is 1. The fourth-order valence-corrected chi connectivity index (χ4v) is 3.92. The molecule has 2 saturated carbocycles. The third kappa shape index (κ3) is 2.68. The largest absolute Gasteiger partial charge is 0.466 e. The zero-order valence-electron chi connectivity index (χ0n) is 14.6. The molecule has 0 spiro atoms. The van der Waals surface area contributed by atoms with Crippen LogP contribution in [0.5, 0.6) is 0 Å². The number of allylic oxidation sites excluding steroid dienone is 1. The van der Waals surface area contributed by atoms with Crippen molar-refractivity contribution in [2.24, 2.45) is 5.92 Å². The quantitative estimate of drug-likeness (QED) is 0.765. The third-order valence-electron chi connectivity index (χ3n) is 5.40. The summed E-state index contributed by atoms with van der Waals surface area (Å²) in [5.41, 5.74) is -4.31. The predicted molar refractivity (Wildman–Crippen MR) is 83.5 cm³/mol. The zero-order chi connectivity index (χ0) is 19.3. The van der Waals surface area contributed by atoms with Crippen molar-refractivity contribution in [1.29, 1.82) is 0 Å². The van der Waals surface area contributed by atoms with Gasteiger partial charge in [-0.2, -0.15) is 13.2 Å². The van der Waals surface area contributed by atoms with Crippen molar-refractivity contribution in [3.8, 4) is 0 Å². The Morgan fingerprint density at radius 3 is 2.23 bits per heavy atom. The molecule has 3 aliphatic rings. The van der Waals surface area contributed by atoms with Crippen molar-refractivity contribution >= 4 is 17.8 Å². The molecule has 1 heterocycles. The molecule has 0 radical (unpaired) electrons. The lowest BCUT2D eigenvalue weighted by Crippen LogP contribution is -2.67. The van der Waals surface area contributed by atoms with Crippen LogP contribution in [0.3, 0.4) is 0 Å². The molecule has 2 aliphatic carbocycles. The minimum absolute atomic E-state index is 0.0952. The third-order valence-corrected chi connectivity index (χ3v) is 5.40. The summed E-state index contributed by atoms with van der Waals surface area (Å²) in [5, 5.41) is 1.88. The van der Waals surface area contributed by atoms with Crippen LogP contribution in [0, 0.1) is 5.92 Å². The lowest BCUT2D eigenvalue weighted by atomic mass is 9.88. The van der Waals surface area contributed by atoms with Crippen LogP contribution in [0.15, 0.2) is 11.3 Å². The number of methoxy groups -OCH3 is 1. The molecule has 3 rings (SSSR count). The van der Waals surface area contributed by atoms with Crippen molar-refractivity contribution in [3.63, 3.8) is 0 Å². The SMILES string of the molecule is COC(=O)C1=C(C)N(C2CCCC2)C(=O)[C@]1(NC(=O)C1CC1)C(F)(F)F. The van der Waals surface area contributed by atoms with Gasteiger partial charge in [-0.15, -0.1) is 0 Å². The minimum atomic E-state index is -5.17. The van der Waals surface area contributed by atoms with Gasteiger partial charge in [0.2, 0.25) is 11.4 Å². The van der Waals surface area contributed by atoms with Gasteiger partial charge in [0.1, 0.15) is 5.57 Å². The standard InChI is InChI=1S/C17H21F3N2O4/c1-9-12(14(24)26-2)16(17(18,19)20,21-13(23)10-7-8-10)15(25)22(9)11-5-3-4-6-11/h10-11H,3-8H2,1-2H3,(H,21,23)/t16-/m0/s1. The van der Waals surface area contributed by atoms with Gasteiger partial charge in [-0.25, -0.2) is 4.79 Å². The van der Waals surface area contributed by atoms with Gasteiger partial charge in [0, 0.05) is 17.7 Å². The monoisotopic (exact) mass is 374 g/mol. The summed E-state index contributed by atoms with van der Waals surface area (Å²) in [5.74, 6) is -3.99. The first-order valence-corrected chi connectivity index (χ1v) is 8.67. The number of carbonyl (C=O) groups excluding carboxylic acids is 3. The van der Waals surface area contributed by atoms with Crippen LogP contribution in [0.1, 0.15) is 45.4 Å². The summed E-state index contributed by atoms with van der Waals surface area (Å²) in [4.78, 5) is 38.5. The summed E-state index contributed by atoms with van der Waals surface area (Å²) in [7, 11) is 0.954. The Morgan fingerprint density at radius 1 is 1.19 bits per heavy atom. The summed E-state index contributed by atoms with van der Waals surface area (Å²) in [6.45, 7) is 1.30. The molecule has 0 bridgehead atoms. The lowest BCUT2D eigenvalue weighted by Gasteiger charge is -2.34. The van der Waals surface area contributed by atoms with E-state index in [0.717, 1.165) is 24.9 Å². The number of hydrogen-bond donors (Lipinski definition) is 1. The van der Waals surface area contributed by atoms with E-state index in [-0.39, 0.29) is 5.70 Å². The Morgan fingerprint density at radius 2 is 1.77 bits per heavy atom. The van der Waals surface area contributed by atoms with Gasteiger partial charge in [-0.1, -0.05) is 12.8 Å². The first-order chi connectivity index (χ1) is 12.1. The predicted octanol–water partition coefficient (Wildman–Crippen LogP) is 2.05. The molecule has 0 aromatic heterocycles. The molecule has 26 heavy (non-hydrogen) atoms. The van der Waals surface area contributed by atoms with Crippen molar-refractivity contribution in [2.45, 2.75) is 63.2 Å². The van der Waals surface area contributed by atoms with Gasteiger partial charge in [0.15, 0.2) is 0 Å². The molecule has 144 valence electrons. The summed E-state index contributed by atoms with van der Waals surface area (Å²) in [6.07, 6.45) is -1.53. The Labute approximate surface area is 148 Å². The number of nitrogens with zero attached hydrogens (tertiary/aromatic N) is 1. The maximum atomic E-state index is 14.2.